The molecule has 104 valence electrons. The summed E-state index contributed by atoms with van der Waals surface area (Å²) in [7, 11) is 1.39. The number of carbonyl (C=O) groups excluding carboxylic acids is 1. The zero-order valence-corrected chi connectivity index (χ0v) is 11.4. The van der Waals surface area contributed by atoms with E-state index < -0.39 is 0 Å². The van der Waals surface area contributed by atoms with E-state index in [1.807, 2.05) is 12.1 Å². The van der Waals surface area contributed by atoms with Gasteiger partial charge in [0.15, 0.2) is 0 Å². The minimum Gasteiger partial charge on any atom is -0.453 e. The summed E-state index contributed by atoms with van der Waals surface area (Å²) in [4.78, 5) is 13.5. The molecule has 0 aromatic heterocycles. The Kier molecular flexibility index (Phi) is 4.27. The number of rotatable bonds is 3. The van der Waals surface area contributed by atoms with E-state index >= 15 is 0 Å². The number of nitrogens with zero attached hydrogens (tertiary/aromatic N) is 1. The number of benzene rings is 1. The first-order valence-electron chi connectivity index (χ1n) is 6.54. The average Bonchev–Trinajstić information content (AvgIpc) is 2.87. The molecule has 0 saturated carbocycles. The fourth-order valence-electron chi connectivity index (χ4n) is 2.47. The number of ether oxygens (including phenoxy) is 1. The van der Waals surface area contributed by atoms with Crippen molar-refractivity contribution in [3.8, 4) is 0 Å². The van der Waals surface area contributed by atoms with Crippen molar-refractivity contribution >= 4 is 11.8 Å². The van der Waals surface area contributed by atoms with Crippen molar-refractivity contribution in [1.82, 2.24) is 10.2 Å². The second-order valence-corrected chi connectivity index (χ2v) is 4.96. The Labute approximate surface area is 113 Å². The number of methoxy groups -OCH3 is 1. The number of nitrogens with two attached hydrogens (primary N) is 1. The Balaban J connectivity index is 1.93. The van der Waals surface area contributed by atoms with Crippen molar-refractivity contribution < 1.29 is 9.53 Å². The molecule has 1 heterocycles. The Bertz CT molecular complexity index is 433. The normalized spacial score (nSPS) is 21.1. The van der Waals surface area contributed by atoms with Crippen molar-refractivity contribution in [3.05, 3.63) is 29.8 Å². The quantitative estimate of drug-likeness (QED) is 0.815. The largest absolute Gasteiger partial charge is 0.453 e. The fraction of sp³-hybridized carbons (Fsp3) is 0.500. The van der Waals surface area contributed by atoms with Crippen LogP contribution in [-0.4, -0.2) is 37.2 Å². The maximum absolute atomic E-state index is 11.2. The van der Waals surface area contributed by atoms with Crippen LogP contribution in [0.5, 0.6) is 0 Å². The summed E-state index contributed by atoms with van der Waals surface area (Å²) in [6.45, 7) is 3.99. The molecule has 1 amide bonds. The standard InChI is InChI=1S/C14H21N3O2/c1-10(11-3-5-12(15)6-4-11)17-8-7-13(9-17)16-14(18)19-2/h3-6,10,13H,7-9,15H2,1-2H3,(H,16,18). The highest BCUT2D eigenvalue weighted by molar-refractivity contribution is 5.67. The zero-order valence-electron chi connectivity index (χ0n) is 11.4. The number of hydrogen-bond acceptors (Lipinski definition) is 4. The van der Waals surface area contributed by atoms with Gasteiger partial charge in [-0.1, -0.05) is 12.1 Å². The van der Waals surface area contributed by atoms with Crippen molar-refractivity contribution in [1.29, 1.82) is 0 Å². The number of alkyl carbamates (subject to hydrolysis) is 1. The van der Waals surface area contributed by atoms with Crippen LogP contribution in [0.3, 0.4) is 0 Å². The number of likely N-dealkylation sites (tertiary alicyclic amines) is 1. The lowest BCUT2D eigenvalue weighted by Gasteiger charge is -2.24. The molecule has 1 fully saturated rings. The Morgan fingerprint density at radius 3 is 2.79 bits per heavy atom. The first-order chi connectivity index (χ1) is 9.10. The molecular weight excluding hydrogens is 242 g/mol. The van der Waals surface area contributed by atoms with Crippen LogP contribution in [0.2, 0.25) is 0 Å². The molecule has 1 aromatic carbocycles. The molecule has 0 bridgehead atoms. The molecule has 5 nitrogen and oxygen atoms in total. The van der Waals surface area contributed by atoms with E-state index in [2.05, 4.69) is 34.0 Å². The van der Waals surface area contributed by atoms with Crippen LogP contribution < -0.4 is 11.1 Å². The van der Waals surface area contributed by atoms with Gasteiger partial charge >= 0.3 is 6.09 Å². The van der Waals surface area contributed by atoms with E-state index in [-0.39, 0.29) is 12.1 Å². The van der Waals surface area contributed by atoms with Crippen LogP contribution in [0.4, 0.5) is 10.5 Å². The van der Waals surface area contributed by atoms with E-state index in [1.54, 1.807) is 0 Å². The summed E-state index contributed by atoms with van der Waals surface area (Å²) in [5.74, 6) is 0. The lowest BCUT2D eigenvalue weighted by Crippen LogP contribution is -2.37. The van der Waals surface area contributed by atoms with Gasteiger partial charge in [-0.25, -0.2) is 4.79 Å². The van der Waals surface area contributed by atoms with Crippen LogP contribution in [0.1, 0.15) is 24.9 Å². The molecule has 1 aliphatic rings. The highest BCUT2D eigenvalue weighted by Crippen LogP contribution is 2.25. The summed E-state index contributed by atoms with van der Waals surface area (Å²) < 4.78 is 4.62. The third kappa shape index (κ3) is 3.38. The van der Waals surface area contributed by atoms with Crippen LogP contribution >= 0.6 is 0 Å². The van der Waals surface area contributed by atoms with Crippen LogP contribution in [-0.2, 0) is 4.74 Å². The Hall–Kier alpha value is -1.75. The van der Waals surface area contributed by atoms with E-state index in [9.17, 15) is 4.79 Å². The SMILES string of the molecule is COC(=O)NC1CCN(C(C)c2ccc(N)cc2)C1. The molecule has 0 aliphatic carbocycles. The van der Waals surface area contributed by atoms with Crippen LogP contribution in [0.25, 0.3) is 0 Å². The third-order valence-corrected chi connectivity index (χ3v) is 3.69. The Morgan fingerprint density at radius 2 is 2.16 bits per heavy atom. The molecule has 0 spiro atoms. The lowest BCUT2D eigenvalue weighted by atomic mass is 10.1. The van der Waals surface area contributed by atoms with Gasteiger partial charge in [0.05, 0.1) is 7.11 Å². The van der Waals surface area contributed by atoms with E-state index in [0.29, 0.717) is 6.04 Å². The van der Waals surface area contributed by atoms with Gasteiger partial charge in [0.25, 0.3) is 0 Å². The molecule has 3 N–H and O–H groups in total. The first kappa shape index (κ1) is 13.7. The molecule has 2 unspecified atom stereocenters. The molecule has 1 aliphatic heterocycles. The fourth-order valence-corrected chi connectivity index (χ4v) is 2.47. The number of carbonyl (C=O) groups is 1. The molecule has 1 aromatic rings. The number of hydrogen-bond donors (Lipinski definition) is 2. The molecule has 5 heteroatoms. The summed E-state index contributed by atoms with van der Waals surface area (Å²) in [6.07, 6.45) is 0.598. The van der Waals surface area contributed by atoms with Gasteiger partial charge in [-0.05, 0) is 31.0 Å². The molecule has 2 atom stereocenters. The first-order valence-corrected chi connectivity index (χ1v) is 6.54. The molecule has 19 heavy (non-hydrogen) atoms. The van der Waals surface area contributed by atoms with E-state index in [0.717, 1.165) is 25.2 Å². The minimum absolute atomic E-state index is 0.170. The van der Waals surface area contributed by atoms with Crippen molar-refractivity contribution in [3.63, 3.8) is 0 Å². The summed E-state index contributed by atoms with van der Waals surface area (Å²) in [5, 5.41) is 2.85. The van der Waals surface area contributed by atoms with E-state index in [1.165, 1.54) is 12.7 Å². The minimum atomic E-state index is -0.355. The van der Waals surface area contributed by atoms with Crippen molar-refractivity contribution in [2.24, 2.45) is 0 Å². The van der Waals surface area contributed by atoms with Crippen molar-refractivity contribution in [2.75, 3.05) is 25.9 Å². The number of amides is 1. The van der Waals surface area contributed by atoms with E-state index in [4.69, 9.17) is 5.73 Å². The van der Waals surface area contributed by atoms with Gasteiger partial charge in [0.1, 0.15) is 0 Å². The molecular formula is C14H21N3O2. The van der Waals surface area contributed by atoms with Gasteiger partial charge in [0, 0.05) is 30.9 Å². The zero-order chi connectivity index (χ0) is 13.8. The topological polar surface area (TPSA) is 67.6 Å². The number of nitrogen functional groups attached to an aromatic ring is 1. The van der Waals surface area contributed by atoms with Gasteiger partial charge in [-0.15, -0.1) is 0 Å². The highest BCUT2D eigenvalue weighted by atomic mass is 16.5. The lowest BCUT2D eigenvalue weighted by molar-refractivity contribution is 0.165. The second-order valence-electron chi connectivity index (χ2n) is 4.96. The Morgan fingerprint density at radius 1 is 1.47 bits per heavy atom. The van der Waals surface area contributed by atoms with Gasteiger partial charge in [0.2, 0.25) is 0 Å². The average molecular weight is 263 g/mol. The maximum Gasteiger partial charge on any atom is 0.407 e. The van der Waals surface area contributed by atoms with Crippen LogP contribution in [0.15, 0.2) is 24.3 Å². The third-order valence-electron chi connectivity index (χ3n) is 3.69. The molecule has 2 rings (SSSR count). The van der Waals surface area contributed by atoms with Crippen LogP contribution in [0, 0.1) is 0 Å². The highest BCUT2D eigenvalue weighted by Gasteiger charge is 2.27. The molecule has 0 radical (unpaired) electrons. The smallest absolute Gasteiger partial charge is 0.407 e. The van der Waals surface area contributed by atoms with Crippen molar-refractivity contribution in [2.45, 2.75) is 25.4 Å². The van der Waals surface area contributed by atoms with Gasteiger partial charge < -0.3 is 15.8 Å². The maximum atomic E-state index is 11.2. The summed E-state index contributed by atoms with van der Waals surface area (Å²) >= 11 is 0. The summed E-state index contributed by atoms with van der Waals surface area (Å²) in [5.41, 5.74) is 7.72. The molecule has 1 saturated heterocycles. The predicted molar refractivity (Wildman–Crippen MR) is 74.8 cm³/mol. The number of nitrogens with one attached hydrogen (secondary N) is 1. The van der Waals surface area contributed by atoms with Gasteiger partial charge in [-0.3, -0.25) is 4.90 Å². The second kappa shape index (κ2) is 5.93. The monoisotopic (exact) mass is 263 g/mol. The van der Waals surface area contributed by atoms with Gasteiger partial charge in [-0.2, -0.15) is 0 Å². The predicted octanol–water partition coefficient (Wildman–Crippen LogP) is 1.76. The number of anilines is 1. The summed E-state index contributed by atoms with van der Waals surface area (Å²) in [6, 6.07) is 8.45.